The van der Waals surface area contributed by atoms with Crippen molar-refractivity contribution in [1.82, 2.24) is 15.1 Å². The van der Waals surface area contributed by atoms with Crippen LogP contribution in [0, 0.1) is 0 Å². The highest BCUT2D eigenvalue weighted by atomic mass is 16.5. The van der Waals surface area contributed by atoms with E-state index < -0.39 is 0 Å². The minimum absolute atomic E-state index is 0.490. The summed E-state index contributed by atoms with van der Waals surface area (Å²) in [5.74, 6) is 2.38. The number of methoxy groups -OCH3 is 1. The number of ether oxygens (including phenoxy) is 2. The third kappa shape index (κ3) is 3.22. The number of hydrogen-bond donors (Lipinski definition) is 0. The van der Waals surface area contributed by atoms with Crippen molar-refractivity contribution < 1.29 is 14.0 Å². The largest absolute Gasteiger partial charge is 0.497 e. The summed E-state index contributed by atoms with van der Waals surface area (Å²) < 4.78 is 16.1. The maximum Gasteiger partial charge on any atom is 0.226 e. The predicted octanol–water partition coefficient (Wildman–Crippen LogP) is 3.77. The first-order chi connectivity index (χ1) is 11.7. The summed E-state index contributed by atoms with van der Waals surface area (Å²) in [6.07, 6.45) is 0.689. The highest BCUT2D eigenvalue weighted by molar-refractivity contribution is 5.68. The summed E-state index contributed by atoms with van der Waals surface area (Å²) in [6.45, 7) is 4.38. The van der Waals surface area contributed by atoms with Gasteiger partial charge in [0, 0.05) is 12.0 Å². The molecule has 3 rings (SSSR count). The second kappa shape index (κ2) is 7.12. The van der Waals surface area contributed by atoms with Crippen molar-refractivity contribution in [1.29, 1.82) is 0 Å². The van der Waals surface area contributed by atoms with Gasteiger partial charge in [0.05, 0.1) is 25.0 Å². The van der Waals surface area contributed by atoms with Crippen molar-refractivity contribution in [3.05, 3.63) is 42.3 Å². The van der Waals surface area contributed by atoms with E-state index in [0.717, 1.165) is 22.6 Å². The normalized spacial score (nSPS) is 10.6. The second-order valence-electron chi connectivity index (χ2n) is 5.08. The summed E-state index contributed by atoms with van der Waals surface area (Å²) in [6, 6.07) is 11.5. The van der Waals surface area contributed by atoms with Crippen molar-refractivity contribution in [2.24, 2.45) is 0 Å². The number of nitrogens with zero attached hydrogens (tertiary/aromatic N) is 3. The lowest BCUT2D eigenvalue weighted by Gasteiger charge is -2.09. The highest BCUT2D eigenvalue weighted by Crippen LogP contribution is 2.30. The fourth-order valence-electron chi connectivity index (χ4n) is 2.29. The fraction of sp³-hybridized carbons (Fsp3) is 0.278. The van der Waals surface area contributed by atoms with Gasteiger partial charge in [-0.2, -0.15) is 4.98 Å². The Morgan fingerprint density at radius 2 is 1.79 bits per heavy atom. The van der Waals surface area contributed by atoms with Crippen molar-refractivity contribution >= 4 is 0 Å². The molecule has 1 aromatic carbocycles. The van der Waals surface area contributed by atoms with Crippen LogP contribution in [0.1, 0.15) is 19.7 Å². The van der Waals surface area contributed by atoms with E-state index in [-0.39, 0.29) is 0 Å². The van der Waals surface area contributed by atoms with E-state index in [9.17, 15) is 0 Å². The van der Waals surface area contributed by atoms with Crippen molar-refractivity contribution in [2.75, 3.05) is 13.7 Å². The maximum atomic E-state index is 5.68. The molecule has 0 atom stereocenters. The molecule has 6 nitrogen and oxygen atoms in total. The van der Waals surface area contributed by atoms with Crippen LogP contribution in [0.25, 0.3) is 22.6 Å². The molecule has 0 amide bonds. The van der Waals surface area contributed by atoms with Crippen LogP contribution in [0.2, 0.25) is 0 Å². The lowest BCUT2D eigenvalue weighted by atomic mass is 10.1. The van der Waals surface area contributed by atoms with E-state index in [1.807, 2.05) is 50.2 Å². The Morgan fingerprint density at radius 1 is 1.00 bits per heavy atom. The van der Waals surface area contributed by atoms with Crippen LogP contribution in [0.15, 0.2) is 40.9 Å². The van der Waals surface area contributed by atoms with Gasteiger partial charge in [0.1, 0.15) is 5.75 Å². The lowest BCUT2D eigenvalue weighted by Crippen LogP contribution is -1.99. The zero-order chi connectivity index (χ0) is 16.9. The highest BCUT2D eigenvalue weighted by Gasteiger charge is 2.15. The first-order valence-electron chi connectivity index (χ1n) is 7.86. The number of pyridine rings is 1. The quantitative estimate of drug-likeness (QED) is 0.687. The van der Waals surface area contributed by atoms with Crippen molar-refractivity contribution in [2.45, 2.75) is 20.3 Å². The Hall–Kier alpha value is -2.89. The number of hydrogen-bond acceptors (Lipinski definition) is 6. The number of aromatic nitrogens is 3. The van der Waals surface area contributed by atoms with Gasteiger partial charge in [-0.05, 0) is 43.3 Å². The van der Waals surface area contributed by atoms with Crippen LogP contribution in [-0.4, -0.2) is 28.8 Å². The molecular weight excluding hydrogens is 306 g/mol. The van der Waals surface area contributed by atoms with Gasteiger partial charge in [-0.3, -0.25) is 0 Å². The monoisotopic (exact) mass is 325 g/mol. The van der Waals surface area contributed by atoms with Gasteiger partial charge in [0.2, 0.25) is 17.6 Å². The zero-order valence-electron chi connectivity index (χ0n) is 13.9. The predicted molar refractivity (Wildman–Crippen MR) is 90.1 cm³/mol. The van der Waals surface area contributed by atoms with E-state index in [2.05, 4.69) is 15.1 Å². The number of rotatable bonds is 6. The molecule has 0 aliphatic carbocycles. The van der Waals surface area contributed by atoms with Gasteiger partial charge in [-0.1, -0.05) is 12.1 Å². The Morgan fingerprint density at radius 3 is 2.42 bits per heavy atom. The SMILES string of the molecule is CCOc1nc(-c2ccc(OC)cc2)ccc1-c1noc(CC)n1. The number of aryl methyl sites for hydroxylation is 1. The van der Waals surface area contributed by atoms with E-state index in [0.29, 0.717) is 30.6 Å². The smallest absolute Gasteiger partial charge is 0.226 e. The van der Waals surface area contributed by atoms with Gasteiger partial charge in [0.15, 0.2) is 0 Å². The number of benzene rings is 1. The summed E-state index contributed by atoms with van der Waals surface area (Å²) >= 11 is 0. The summed E-state index contributed by atoms with van der Waals surface area (Å²) in [5, 5.41) is 4.00. The summed E-state index contributed by atoms with van der Waals surface area (Å²) in [4.78, 5) is 8.97. The zero-order valence-corrected chi connectivity index (χ0v) is 13.9. The van der Waals surface area contributed by atoms with Gasteiger partial charge in [0.25, 0.3) is 0 Å². The molecule has 2 heterocycles. The van der Waals surface area contributed by atoms with Crippen molar-refractivity contribution in [3.8, 4) is 34.3 Å². The first-order valence-corrected chi connectivity index (χ1v) is 7.86. The molecule has 0 radical (unpaired) electrons. The van der Waals surface area contributed by atoms with E-state index in [4.69, 9.17) is 14.0 Å². The lowest BCUT2D eigenvalue weighted by molar-refractivity contribution is 0.328. The molecule has 0 saturated carbocycles. The van der Waals surface area contributed by atoms with E-state index in [1.54, 1.807) is 7.11 Å². The van der Waals surface area contributed by atoms with Crippen LogP contribution >= 0.6 is 0 Å². The minimum Gasteiger partial charge on any atom is -0.497 e. The third-order valence-electron chi connectivity index (χ3n) is 3.54. The van der Waals surface area contributed by atoms with Crippen LogP contribution < -0.4 is 9.47 Å². The Kier molecular flexibility index (Phi) is 4.74. The van der Waals surface area contributed by atoms with Crippen LogP contribution in [0.5, 0.6) is 11.6 Å². The molecule has 6 heteroatoms. The molecule has 3 aromatic rings. The topological polar surface area (TPSA) is 70.3 Å². The third-order valence-corrected chi connectivity index (χ3v) is 3.54. The molecule has 0 unspecified atom stereocenters. The molecule has 0 N–H and O–H groups in total. The second-order valence-corrected chi connectivity index (χ2v) is 5.08. The van der Waals surface area contributed by atoms with Gasteiger partial charge >= 0.3 is 0 Å². The summed E-state index contributed by atoms with van der Waals surface area (Å²) in [5.41, 5.74) is 2.51. The summed E-state index contributed by atoms with van der Waals surface area (Å²) in [7, 11) is 1.64. The molecule has 0 saturated heterocycles. The minimum atomic E-state index is 0.490. The standard InChI is InChI=1S/C18H19N3O3/c1-4-16-20-17(21-24-16)14-10-11-15(19-18(14)23-5-2)12-6-8-13(22-3)9-7-12/h6-11H,4-5H2,1-3H3. The van der Waals surface area contributed by atoms with Crippen LogP contribution in [0.4, 0.5) is 0 Å². The van der Waals surface area contributed by atoms with E-state index >= 15 is 0 Å². The molecule has 0 aliphatic rings. The Balaban J connectivity index is 1.99. The molecule has 24 heavy (non-hydrogen) atoms. The van der Waals surface area contributed by atoms with Crippen molar-refractivity contribution in [3.63, 3.8) is 0 Å². The first kappa shape index (κ1) is 16.0. The van der Waals surface area contributed by atoms with E-state index in [1.165, 1.54) is 0 Å². The molecule has 2 aromatic heterocycles. The molecule has 0 bridgehead atoms. The molecule has 0 spiro atoms. The average molecular weight is 325 g/mol. The Labute approximate surface area is 140 Å². The molecule has 0 fully saturated rings. The van der Waals surface area contributed by atoms with Gasteiger partial charge < -0.3 is 14.0 Å². The fourth-order valence-corrected chi connectivity index (χ4v) is 2.29. The van der Waals surface area contributed by atoms with Crippen LogP contribution in [-0.2, 0) is 6.42 Å². The van der Waals surface area contributed by atoms with Gasteiger partial charge in [-0.25, -0.2) is 4.98 Å². The molecule has 124 valence electrons. The maximum absolute atomic E-state index is 5.68. The average Bonchev–Trinajstić information content (AvgIpc) is 3.11. The van der Waals surface area contributed by atoms with Gasteiger partial charge in [-0.15, -0.1) is 0 Å². The molecule has 0 aliphatic heterocycles. The van der Waals surface area contributed by atoms with Crippen LogP contribution in [0.3, 0.4) is 0 Å². The molecular formula is C18H19N3O3. The Bertz CT molecular complexity index is 813.